The molecule has 1 unspecified atom stereocenters. The van der Waals surface area contributed by atoms with Crippen LogP contribution in [0.3, 0.4) is 0 Å². The molecule has 0 heterocycles. The number of ether oxygens (including phenoxy) is 1. The monoisotopic (exact) mass is 342 g/mol. The average molecular weight is 342 g/mol. The van der Waals surface area contributed by atoms with Gasteiger partial charge in [0.25, 0.3) is 0 Å². The zero-order valence-corrected chi connectivity index (χ0v) is 15.4. The largest absolute Gasteiger partial charge is 0.489 e. The van der Waals surface area contributed by atoms with Crippen LogP contribution in [0.4, 0.5) is 0 Å². The second-order valence-corrected chi connectivity index (χ2v) is 7.50. The molecular weight excluding hydrogens is 316 g/mol. The summed E-state index contributed by atoms with van der Waals surface area (Å²) in [6.07, 6.45) is 4.89. The quantitative estimate of drug-likeness (QED) is 0.559. The predicted octanol–water partition coefficient (Wildman–Crippen LogP) is 5.92. The summed E-state index contributed by atoms with van der Waals surface area (Å²) in [6.45, 7) is 2.81. The molecule has 3 aromatic rings. The summed E-state index contributed by atoms with van der Waals surface area (Å²) < 4.78 is 5.89. The molecule has 0 aromatic heterocycles. The van der Waals surface area contributed by atoms with Crippen molar-refractivity contribution in [2.45, 2.75) is 39.2 Å². The highest BCUT2D eigenvalue weighted by molar-refractivity contribution is 5.34. The van der Waals surface area contributed by atoms with Gasteiger partial charge in [0.15, 0.2) is 0 Å². The second-order valence-electron chi connectivity index (χ2n) is 7.50. The molecule has 3 aromatic carbocycles. The molecular formula is C25H26O. The van der Waals surface area contributed by atoms with E-state index in [0.717, 1.165) is 18.1 Å². The second kappa shape index (κ2) is 7.78. The third-order valence-corrected chi connectivity index (χ3v) is 5.39. The molecule has 1 heteroatoms. The van der Waals surface area contributed by atoms with Gasteiger partial charge in [-0.25, -0.2) is 0 Å². The van der Waals surface area contributed by atoms with Gasteiger partial charge in [0, 0.05) is 0 Å². The van der Waals surface area contributed by atoms with Crippen molar-refractivity contribution in [1.29, 1.82) is 0 Å². The van der Waals surface area contributed by atoms with Crippen molar-refractivity contribution in [3.8, 4) is 5.75 Å². The van der Waals surface area contributed by atoms with Gasteiger partial charge in [-0.15, -0.1) is 0 Å². The minimum atomic E-state index is 0.624. The minimum absolute atomic E-state index is 0.624. The van der Waals surface area contributed by atoms with Gasteiger partial charge in [-0.2, -0.15) is 0 Å². The van der Waals surface area contributed by atoms with Crippen LogP contribution in [0.5, 0.6) is 5.75 Å². The molecule has 0 spiro atoms. The van der Waals surface area contributed by atoms with Crippen LogP contribution in [0, 0.1) is 12.8 Å². The molecule has 4 rings (SSSR count). The fraction of sp³-hybridized carbons (Fsp3) is 0.280. The molecule has 0 bridgehead atoms. The summed E-state index contributed by atoms with van der Waals surface area (Å²) >= 11 is 0. The summed E-state index contributed by atoms with van der Waals surface area (Å²) in [5, 5.41) is 0. The number of rotatable bonds is 5. The normalized spacial score (nSPS) is 16.1. The molecule has 0 aliphatic heterocycles. The van der Waals surface area contributed by atoms with Crippen molar-refractivity contribution in [1.82, 2.24) is 0 Å². The summed E-state index contributed by atoms with van der Waals surface area (Å²) in [5.41, 5.74) is 7.11. The van der Waals surface area contributed by atoms with Crippen LogP contribution in [-0.4, -0.2) is 0 Å². The Hall–Kier alpha value is -2.54. The van der Waals surface area contributed by atoms with Crippen molar-refractivity contribution in [3.63, 3.8) is 0 Å². The lowest BCUT2D eigenvalue weighted by atomic mass is 9.80. The number of hydrogen-bond donors (Lipinski definition) is 0. The number of aryl methyl sites for hydroxylation is 2. The van der Waals surface area contributed by atoms with Gasteiger partial charge in [0.05, 0.1) is 0 Å². The van der Waals surface area contributed by atoms with Crippen LogP contribution in [0.1, 0.15) is 34.2 Å². The molecule has 26 heavy (non-hydrogen) atoms. The number of fused-ring (bicyclic) bond motifs is 1. The molecule has 132 valence electrons. The van der Waals surface area contributed by atoms with Gasteiger partial charge in [-0.3, -0.25) is 0 Å². The zero-order chi connectivity index (χ0) is 17.8. The van der Waals surface area contributed by atoms with Crippen molar-refractivity contribution in [2.75, 3.05) is 0 Å². The Bertz CT molecular complexity index is 849. The fourth-order valence-corrected chi connectivity index (χ4v) is 3.93. The smallest absolute Gasteiger partial charge is 0.119 e. The Labute approximate surface area is 156 Å². The Morgan fingerprint density at radius 3 is 2.46 bits per heavy atom. The van der Waals surface area contributed by atoms with Crippen molar-refractivity contribution in [3.05, 3.63) is 101 Å². The van der Waals surface area contributed by atoms with Gasteiger partial charge >= 0.3 is 0 Å². The van der Waals surface area contributed by atoms with E-state index in [-0.39, 0.29) is 0 Å². The lowest BCUT2D eigenvalue weighted by molar-refractivity contribution is 0.306. The summed E-state index contributed by atoms with van der Waals surface area (Å²) in [7, 11) is 0. The molecule has 1 atom stereocenters. The van der Waals surface area contributed by atoms with Gasteiger partial charge in [0.1, 0.15) is 12.4 Å². The van der Waals surface area contributed by atoms with Gasteiger partial charge in [-0.05, 0) is 72.9 Å². The molecule has 0 amide bonds. The van der Waals surface area contributed by atoms with E-state index in [1.54, 1.807) is 11.1 Å². The van der Waals surface area contributed by atoms with Crippen LogP contribution in [0.2, 0.25) is 0 Å². The van der Waals surface area contributed by atoms with Crippen LogP contribution in [0.25, 0.3) is 0 Å². The third kappa shape index (κ3) is 4.16. The molecule has 0 fully saturated rings. The molecule has 0 saturated carbocycles. The fourth-order valence-electron chi connectivity index (χ4n) is 3.93. The summed E-state index contributed by atoms with van der Waals surface area (Å²) in [4.78, 5) is 0. The van der Waals surface area contributed by atoms with E-state index >= 15 is 0 Å². The first-order valence-electron chi connectivity index (χ1n) is 9.60. The molecule has 1 aliphatic rings. The van der Waals surface area contributed by atoms with Crippen molar-refractivity contribution in [2.24, 2.45) is 5.92 Å². The lowest BCUT2D eigenvalue weighted by Crippen LogP contribution is -2.16. The highest BCUT2D eigenvalue weighted by atomic mass is 16.5. The molecule has 0 radical (unpaired) electrons. The Kier molecular flexibility index (Phi) is 5.06. The first-order chi connectivity index (χ1) is 12.8. The Balaban J connectivity index is 1.34. The Morgan fingerprint density at radius 1 is 0.846 bits per heavy atom. The van der Waals surface area contributed by atoms with E-state index in [0.29, 0.717) is 6.61 Å². The van der Waals surface area contributed by atoms with E-state index < -0.39 is 0 Å². The summed E-state index contributed by atoms with van der Waals surface area (Å²) in [6, 6.07) is 25.9. The highest BCUT2D eigenvalue weighted by Gasteiger charge is 2.18. The maximum atomic E-state index is 5.89. The number of benzene rings is 3. The summed E-state index contributed by atoms with van der Waals surface area (Å²) in [5.74, 6) is 1.70. The zero-order valence-electron chi connectivity index (χ0n) is 15.4. The lowest BCUT2D eigenvalue weighted by Gasteiger charge is -2.25. The van der Waals surface area contributed by atoms with Gasteiger partial charge in [-0.1, -0.05) is 66.2 Å². The molecule has 1 nitrogen and oxygen atoms in total. The number of hydrogen-bond acceptors (Lipinski definition) is 1. The Morgan fingerprint density at radius 2 is 1.65 bits per heavy atom. The predicted molar refractivity (Wildman–Crippen MR) is 108 cm³/mol. The van der Waals surface area contributed by atoms with E-state index in [9.17, 15) is 0 Å². The average Bonchev–Trinajstić information content (AvgIpc) is 2.68. The van der Waals surface area contributed by atoms with Crippen molar-refractivity contribution < 1.29 is 4.74 Å². The van der Waals surface area contributed by atoms with Crippen LogP contribution in [0.15, 0.2) is 72.8 Å². The third-order valence-electron chi connectivity index (χ3n) is 5.39. The van der Waals surface area contributed by atoms with E-state index in [1.807, 2.05) is 18.2 Å². The van der Waals surface area contributed by atoms with E-state index in [2.05, 4.69) is 61.5 Å². The molecule has 1 aliphatic carbocycles. The van der Waals surface area contributed by atoms with Crippen LogP contribution < -0.4 is 4.74 Å². The van der Waals surface area contributed by atoms with Crippen LogP contribution in [-0.2, 0) is 25.9 Å². The minimum Gasteiger partial charge on any atom is -0.489 e. The van der Waals surface area contributed by atoms with Crippen molar-refractivity contribution >= 4 is 0 Å². The first-order valence-corrected chi connectivity index (χ1v) is 9.60. The maximum Gasteiger partial charge on any atom is 0.119 e. The van der Waals surface area contributed by atoms with Gasteiger partial charge < -0.3 is 4.74 Å². The van der Waals surface area contributed by atoms with E-state index in [4.69, 9.17) is 4.74 Å². The van der Waals surface area contributed by atoms with Gasteiger partial charge in [0.2, 0.25) is 0 Å². The standard InChI is InChI=1S/C25H26O/c1-19-7-11-24-17-22(8-12-23(24)15-19)16-20-9-13-25(14-10-20)26-18-21-5-3-2-4-6-21/h2-7,9-11,13-15,22H,8,12,16-18H2,1H3. The SMILES string of the molecule is Cc1ccc2c(c1)CCC(Cc1ccc(OCc3ccccc3)cc1)C2. The van der Waals surface area contributed by atoms with Crippen LogP contribution >= 0.6 is 0 Å². The maximum absolute atomic E-state index is 5.89. The topological polar surface area (TPSA) is 9.23 Å². The molecule has 0 saturated heterocycles. The van der Waals surface area contributed by atoms with E-state index in [1.165, 1.54) is 36.0 Å². The highest BCUT2D eigenvalue weighted by Crippen LogP contribution is 2.29. The first kappa shape index (κ1) is 16.9. The molecule has 0 N–H and O–H groups in total.